The van der Waals surface area contributed by atoms with Crippen LogP contribution in [0.25, 0.3) is 0 Å². The number of unbranched alkanes of at least 4 members (excludes halogenated alkanes) is 49. The number of carbonyl (C=O) groups excluding carboxylic acids is 5. The lowest BCUT2D eigenvalue weighted by Crippen LogP contribution is -2.39. The van der Waals surface area contributed by atoms with E-state index >= 15 is 0 Å². The minimum atomic E-state index is 0.154. The zero-order valence-electron chi connectivity index (χ0n) is 66.7. The Hall–Kier alpha value is -2.37. The number of Topliss-reactive ketones (excluding diaryl/α,β-unsaturated/α-hetero) is 2. The molecule has 0 saturated heterocycles. The van der Waals surface area contributed by atoms with Gasteiger partial charge in [-0.15, -0.1) is 0 Å². The molecule has 0 atom stereocenters. The summed E-state index contributed by atoms with van der Waals surface area (Å²) < 4.78 is 0. The largest absolute Gasteiger partial charge is 0.356 e. The monoisotopic (exact) mass is 1370 g/mol. The van der Waals surface area contributed by atoms with E-state index in [0.29, 0.717) is 56.5 Å². The normalized spacial score (nSPS) is 11.5. The summed E-state index contributed by atoms with van der Waals surface area (Å²) >= 11 is 0. The van der Waals surface area contributed by atoms with Gasteiger partial charge in [0.25, 0.3) is 0 Å². The quantitative estimate of drug-likeness (QED) is 0.0513. The number of likely N-dealkylation sites (N-methyl/N-ethyl adjacent to an activating group) is 1. The zero-order valence-corrected chi connectivity index (χ0v) is 66.7. The minimum Gasteiger partial charge on any atom is -0.356 e. The molecule has 0 spiro atoms. The van der Waals surface area contributed by atoms with Gasteiger partial charge in [0.05, 0.1) is 0 Å². The molecule has 3 N–H and O–H groups in total. The predicted octanol–water partition coefficient (Wildman–Crippen LogP) is 23.7. The number of carbonyl (C=O) groups is 5. The molecular formula is C86H172N6O5. The van der Waals surface area contributed by atoms with Gasteiger partial charge in [0.15, 0.2) is 0 Å². The summed E-state index contributed by atoms with van der Waals surface area (Å²) in [5.74, 6) is 1.20. The molecule has 11 nitrogen and oxygen atoms in total. The van der Waals surface area contributed by atoms with Crippen molar-refractivity contribution in [2.24, 2.45) is 0 Å². The lowest BCUT2D eigenvalue weighted by atomic mass is 10.0. The fourth-order valence-electron chi connectivity index (χ4n) is 13.3. The number of nitrogens with zero attached hydrogens (tertiary/aromatic N) is 3. The molecule has 0 rings (SSSR count). The number of rotatable bonds is 80. The van der Waals surface area contributed by atoms with Crippen LogP contribution in [-0.2, 0) is 24.0 Å². The van der Waals surface area contributed by atoms with Crippen LogP contribution < -0.4 is 16.0 Å². The van der Waals surface area contributed by atoms with Crippen LogP contribution >= 0.6 is 0 Å². The van der Waals surface area contributed by atoms with Crippen LogP contribution in [0.3, 0.4) is 0 Å². The highest BCUT2D eigenvalue weighted by atomic mass is 16.2. The van der Waals surface area contributed by atoms with Crippen molar-refractivity contribution in [1.82, 2.24) is 30.7 Å². The summed E-state index contributed by atoms with van der Waals surface area (Å²) in [6, 6.07) is 0. The van der Waals surface area contributed by atoms with Gasteiger partial charge in [0, 0.05) is 110 Å². The van der Waals surface area contributed by atoms with Crippen molar-refractivity contribution in [3.63, 3.8) is 0 Å². The third-order valence-corrected chi connectivity index (χ3v) is 20.3. The first-order valence-corrected chi connectivity index (χ1v) is 43.6. The van der Waals surface area contributed by atoms with Gasteiger partial charge in [-0.3, -0.25) is 24.0 Å². The van der Waals surface area contributed by atoms with Crippen molar-refractivity contribution < 1.29 is 24.0 Å². The third-order valence-electron chi connectivity index (χ3n) is 20.3. The second-order valence-corrected chi connectivity index (χ2v) is 29.8. The molecule has 0 aliphatic carbocycles. The summed E-state index contributed by atoms with van der Waals surface area (Å²) in [5.41, 5.74) is 0. The molecule has 11 heteroatoms. The number of hydrogen-bond acceptors (Lipinski definition) is 8. The fourth-order valence-corrected chi connectivity index (χ4v) is 13.3. The van der Waals surface area contributed by atoms with Crippen LogP contribution in [0.4, 0.5) is 0 Å². The Morgan fingerprint density at radius 2 is 0.381 bits per heavy atom. The molecule has 0 radical (unpaired) electrons. The summed E-state index contributed by atoms with van der Waals surface area (Å²) in [7, 11) is 0. The number of ketones is 2. The molecule has 0 fully saturated rings. The van der Waals surface area contributed by atoms with Crippen LogP contribution in [0, 0.1) is 0 Å². The summed E-state index contributed by atoms with van der Waals surface area (Å²) in [5, 5.41) is 9.38. The average molecular weight is 1370 g/mol. The maximum absolute atomic E-state index is 12.9. The average Bonchev–Trinajstić information content (AvgIpc) is 3.66. The van der Waals surface area contributed by atoms with E-state index in [4.69, 9.17) is 0 Å². The molecule has 0 heterocycles. The topological polar surface area (TPSA) is 131 Å². The van der Waals surface area contributed by atoms with Crippen molar-refractivity contribution in [3.8, 4) is 0 Å². The molecule has 0 aliphatic heterocycles. The van der Waals surface area contributed by atoms with E-state index < -0.39 is 0 Å². The smallest absolute Gasteiger partial charge is 0.221 e. The van der Waals surface area contributed by atoms with E-state index in [-0.39, 0.29) is 17.7 Å². The lowest BCUT2D eigenvalue weighted by Gasteiger charge is -2.27. The maximum Gasteiger partial charge on any atom is 0.221 e. The van der Waals surface area contributed by atoms with Gasteiger partial charge >= 0.3 is 0 Å². The van der Waals surface area contributed by atoms with Gasteiger partial charge in [-0.05, 0) is 51.6 Å². The molecule has 0 aromatic carbocycles. The molecule has 0 aliphatic rings. The fraction of sp³-hybridized carbons (Fsp3) is 0.942. The highest BCUT2D eigenvalue weighted by molar-refractivity contribution is 5.79. The summed E-state index contributed by atoms with van der Waals surface area (Å²) in [4.78, 5) is 70.3. The van der Waals surface area contributed by atoms with Gasteiger partial charge in [-0.2, -0.15) is 0 Å². The number of nitrogens with one attached hydrogen (secondary N) is 3. The number of amides is 3. The highest BCUT2D eigenvalue weighted by Gasteiger charge is 2.15. The molecule has 0 aromatic heterocycles. The zero-order chi connectivity index (χ0) is 71.1. The molecule has 576 valence electrons. The van der Waals surface area contributed by atoms with Crippen LogP contribution in [0.5, 0.6) is 0 Å². The Kier molecular flexibility index (Phi) is 82.3. The Morgan fingerprint density at radius 3 is 0.639 bits per heavy atom. The van der Waals surface area contributed by atoms with Crippen LogP contribution in [0.1, 0.15) is 447 Å². The van der Waals surface area contributed by atoms with Crippen LogP contribution in [0.15, 0.2) is 0 Å². The molecular weight excluding hydrogens is 1200 g/mol. The lowest BCUT2D eigenvalue weighted by molar-refractivity contribution is -0.122. The van der Waals surface area contributed by atoms with Gasteiger partial charge in [0.2, 0.25) is 17.7 Å². The summed E-state index contributed by atoms with van der Waals surface area (Å²) in [6.07, 6.45) is 75.6. The Labute approximate surface area is 606 Å². The van der Waals surface area contributed by atoms with Crippen molar-refractivity contribution in [2.75, 3.05) is 78.5 Å². The number of hydrogen-bond donors (Lipinski definition) is 3. The first-order valence-electron chi connectivity index (χ1n) is 43.6. The third kappa shape index (κ3) is 79.2. The Balaban J connectivity index is 0. The Morgan fingerprint density at radius 1 is 0.186 bits per heavy atom. The van der Waals surface area contributed by atoms with Gasteiger partial charge in [0.1, 0.15) is 11.6 Å². The van der Waals surface area contributed by atoms with E-state index in [0.717, 1.165) is 130 Å². The van der Waals surface area contributed by atoms with Gasteiger partial charge in [-0.1, -0.05) is 363 Å². The SMILES string of the molecule is CCCCCCCCCCCCCC(=O)CCN(CCC(=O)CCCCCCCCCCCCC)CCN(CC)CCC(=O)NCCCCCCCCCCCC.CCCCCCCCCCCCNC(=O)CCN(CCCCC)CCC(=O)NCCCCCCCCCCCC. The second-order valence-electron chi connectivity index (χ2n) is 29.8. The van der Waals surface area contributed by atoms with Crippen molar-refractivity contribution >= 4 is 29.3 Å². The standard InChI is InChI=1S/C51H101N3O3.C35H71N3O2/c1-5-9-12-15-18-21-24-26-29-32-35-38-49(55)40-44-54(45-41-50(56)39-36-33-30-27-25-22-19-16-13-10-6-2)48-47-53(8-4)46-42-51(57)52-43-37-34-31-28-23-20-17-14-11-7-3;1-4-7-10-12-14-16-18-20-22-24-29-36-34(39)27-32-38(31-26-9-6-3)33-28-35(40)37-30-25-23-21-19-17-15-13-11-8-5-2/h5-48H2,1-4H3,(H,52,57);4-33H2,1-3H3,(H,36,39)(H,37,40). The molecule has 0 unspecified atom stereocenters. The van der Waals surface area contributed by atoms with E-state index in [2.05, 4.69) is 79.1 Å². The molecule has 0 aromatic rings. The molecule has 97 heavy (non-hydrogen) atoms. The van der Waals surface area contributed by atoms with Crippen molar-refractivity contribution in [2.45, 2.75) is 447 Å². The van der Waals surface area contributed by atoms with E-state index in [9.17, 15) is 24.0 Å². The Bertz CT molecular complexity index is 1550. The van der Waals surface area contributed by atoms with Crippen LogP contribution in [-0.4, -0.2) is 123 Å². The van der Waals surface area contributed by atoms with Gasteiger partial charge in [-0.25, -0.2) is 0 Å². The second kappa shape index (κ2) is 82.6. The highest BCUT2D eigenvalue weighted by Crippen LogP contribution is 2.17. The minimum absolute atomic E-state index is 0.154. The van der Waals surface area contributed by atoms with E-state index in [1.807, 2.05) is 0 Å². The van der Waals surface area contributed by atoms with E-state index in [1.165, 1.54) is 302 Å². The molecule has 3 amide bonds. The molecule has 0 bridgehead atoms. The van der Waals surface area contributed by atoms with Crippen molar-refractivity contribution in [3.05, 3.63) is 0 Å². The predicted molar refractivity (Wildman–Crippen MR) is 424 cm³/mol. The van der Waals surface area contributed by atoms with Crippen molar-refractivity contribution in [1.29, 1.82) is 0 Å². The summed E-state index contributed by atoms with van der Waals surface area (Å²) in [6.45, 7) is 25.4. The van der Waals surface area contributed by atoms with E-state index in [1.54, 1.807) is 0 Å². The van der Waals surface area contributed by atoms with Gasteiger partial charge < -0.3 is 30.7 Å². The first-order chi connectivity index (χ1) is 47.6. The molecule has 0 saturated carbocycles. The van der Waals surface area contributed by atoms with Crippen LogP contribution in [0.2, 0.25) is 0 Å². The first kappa shape index (κ1) is 96.7. The maximum atomic E-state index is 12.9.